The highest BCUT2D eigenvalue weighted by molar-refractivity contribution is 6.35. The Hall–Kier alpha value is -1.92. The molecule has 6 nitrogen and oxygen atoms in total. The van der Waals surface area contributed by atoms with E-state index in [0.717, 1.165) is 0 Å². The van der Waals surface area contributed by atoms with Crippen LogP contribution in [0.1, 0.15) is 0 Å². The molecule has 0 fully saturated rings. The molecule has 0 spiro atoms. The van der Waals surface area contributed by atoms with Gasteiger partial charge in [0.25, 0.3) is 5.91 Å². The van der Waals surface area contributed by atoms with Gasteiger partial charge in [0.2, 0.25) is 0 Å². The molecule has 112 valence electrons. The van der Waals surface area contributed by atoms with Gasteiger partial charge in [-0.3, -0.25) is 4.79 Å². The molecule has 8 heteroatoms. The number of halogens is 2. The van der Waals surface area contributed by atoms with Gasteiger partial charge in [0, 0.05) is 5.02 Å². The van der Waals surface area contributed by atoms with Gasteiger partial charge in [-0.05, 0) is 18.2 Å². The highest BCUT2D eigenvalue weighted by atomic mass is 35.5. The zero-order chi connectivity index (χ0) is 15.1. The zero-order valence-corrected chi connectivity index (χ0v) is 12.4. The normalized spacial score (nSPS) is 14.1. The molecule has 0 atom stereocenters. The van der Waals surface area contributed by atoms with E-state index in [1.165, 1.54) is 18.5 Å². The van der Waals surface area contributed by atoms with Crippen molar-refractivity contribution in [2.75, 3.05) is 19.8 Å². The quantitative estimate of drug-likeness (QED) is 0.664. The van der Waals surface area contributed by atoms with Gasteiger partial charge in [-0.2, -0.15) is 5.10 Å². The second-order valence-corrected chi connectivity index (χ2v) is 4.74. The molecule has 0 radical (unpaired) electrons. The lowest BCUT2D eigenvalue weighted by Gasteiger charge is -2.11. The topological polar surface area (TPSA) is 69.2 Å². The number of hydrazone groups is 1. The maximum Gasteiger partial charge on any atom is 0.277 e. The molecule has 0 unspecified atom stereocenters. The molecule has 2 rings (SSSR count). The molecule has 1 N–H and O–H groups in total. The number of rotatable bonds is 5. The minimum absolute atomic E-state index is 0.227. The van der Waals surface area contributed by atoms with Gasteiger partial charge in [0.15, 0.2) is 12.4 Å². The third-order valence-corrected chi connectivity index (χ3v) is 2.83. The molecule has 1 aromatic rings. The Balaban J connectivity index is 1.77. The van der Waals surface area contributed by atoms with Crippen LogP contribution in [0.25, 0.3) is 0 Å². The van der Waals surface area contributed by atoms with Crippen molar-refractivity contribution in [3.05, 3.63) is 40.3 Å². The average Bonchev–Trinajstić information content (AvgIpc) is 2.47. The van der Waals surface area contributed by atoms with Crippen LogP contribution in [0.15, 0.2) is 35.3 Å². The van der Waals surface area contributed by atoms with Crippen molar-refractivity contribution < 1.29 is 19.0 Å². The van der Waals surface area contributed by atoms with Crippen molar-refractivity contribution in [1.29, 1.82) is 0 Å². The number of benzene rings is 1. The van der Waals surface area contributed by atoms with Crippen molar-refractivity contribution in [2.24, 2.45) is 5.10 Å². The summed E-state index contributed by atoms with van der Waals surface area (Å²) in [6.45, 7) is 0.721. The summed E-state index contributed by atoms with van der Waals surface area (Å²) in [5, 5.41) is 4.53. The third kappa shape index (κ3) is 5.17. The largest absolute Gasteiger partial charge is 0.494 e. The van der Waals surface area contributed by atoms with Crippen molar-refractivity contribution in [1.82, 2.24) is 5.43 Å². The van der Waals surface area contributed by atoms with Crippen LogP contribution in [0.2, 0.25) is 10.0 Å². The maximum absolute atomic E-state index is 11.5. The first-order chi connectivity index (χ1) is 10.1. The van der Waals surface area contributed by atoms with E-state index in [2.05, 4.69) is 10.5 Å². The molecule has 21 heavy (non-hydrogen) atoms. The van der Waals surface area contributed by atoms with Gasteiger partial charge in [-0.15, -0.1) is 0 Å². The van der Waals surface area contributed by atoms with Crippen LogP contribution in [0.5, 0.6) is 5.75 Å². The summed E-state index contributed by atoms with van der Waals surface area (Å²) in [4.78, 5) is 11.5. The summed E-state index contributed by atoms with van der Waals surface area (Å²) in [6.07, 6.45) is 2.76. The molecule has 0 saturated carbocycles. The van der Waals surface area contributed by atoms with Crippen LogP contribution < -0.4 is 10.2 Å². The van der Waals surface area contributed by atoms with Crippen LogP contribution in [-0.4, -0.2) is 31.9 Å². The molecule has 1 aliphatic heterocycles. The Morgan fingerprint density at radius 1 is 1.43 bits per heavy atom. The van der Waals surface area contributed by atoms with E-state index in [0.29, 0.717) is 34.8 Å². The van der Waals surface area contributed by atoms with Crippen LogP contribution in [-0.2, 0) is 14.3 Å². The first-order valence-electron chi connectivity index (χ1n) is 5.99. The van der Waals surface area contributed by atoms with E-state index in [4.69, 9.17) is 37.4 Å². The van der Waals surface area contributed by atoms with Gasteiger partial charge in [-0.1, -0.05) is 23.2 Å². The van der Waals surface area contributed by atoms with Gasteiger partial charge in [0.1, 0.15) is 25.2 Å². The summed E-state index contributed by atoms with van der Waals surface area (Å²) >= 11 is 11.7. The van der Waals surface area contributed by atoms with Crippen LogP contribution in [0.4, 0.5) is 0 Å². The van der Waals surface area contributed by atoms with Gasteiger partial charge >= 0.3 is 0 Å². The number of carbonyl (C=O) groups is 1. The minimum atomic E-state index is -0.436. The van der Waals surface area contributed by atoms with Crippen molar-refractivity contribution in [3.63, 3.8) is 0 Å². The van der Waals surface area contributed by atoms with Crippen molar-refractivity contribution >= 4 is 35.3 Å². The number of hydrogen-bond acceptors (Lipinski definition) is 5. The van der Waals surface area contributed by atoms with Crippen molar-refractivity contribution in [3.8, 4) is 5.75 Å². The number of hydrogen-bond donors (Lipinski definition) is 1. The lowest BCUT2D eigenvalue weighted by atomic mass is 10.3. The number of amides is 1. The second-order valence-electron chi connectivity index (χ2n) is 3.90. The van der Waals surface area contributed by atoms with Crippen LogP contribution >= 0.6 is 23.2 Å². The minimum Gasteiger partial charge on any atom is -0.494 e. The molecule has 1 amide bonds. The molecule has 0 bridgehead atoms. The molecule has 0 saturated heterocycles. The maximum atomic E-state index is 11.5. The predicted molar refractivity (Wildman–Crippen MR) is 78.6 cm³/mol. The smallest absolute Gasteiger partial charge is 0.277 e. The van der Waals surface area contributed by atoms with Gasteiger partial charge in [-0.25, -0.2) is 5.43 Å². The molecule has 1 aromatic carbocycles. The predicted octanol–water partition coefficient (Wildman–Crippen LogP) is 2.36. The second kappa shape index (κ2) is 7.75. The average molecular weight is 331 g/mol. The Labute approximate surface area is 131 Å². The molecule has 1 heterocycles. The molecule has 0 aliphatic carbocycles. The number of allylic oxidation sites excluding steroid dienone is 1. The summed E-state index contributed by atoms with van der Waals surface area (Å²) in [6, 6.07) is 4.73. The van der Waals surface area contributed by atoms with E-state index in [9.17, 15) is 4.79 Å². The number of nitrogens with zero attached hydrogens (tertiary/aromatic N) is 1. The van der Waals surface area contributed by atoms with Gasteiger partial charge in [0.05, 0.1) is 11.2 Å². The van der Waals surface area contributed by atoms with E-state index < -0.39 is 5.91 Å². The summed E-state index contributed by atoms with van der Waals surface area (Å²) in [7, 11) is 0. The molecule has 1 aliphatic rings. The SMILES string of the molecule is O=C(COc1ccc(Cl)cc1Cl)N/N=C/C1=COCCO1. The van der Waals surface area contributed by atoms with E-state index in [1.807, 2.05) is 0 Å². The summed E-state index contributed by atoms with van der Waals surface area (Å²) in [5.41, 5.74) is 2.29. The molecule has 0 aromatic heterocycles. The standard InChI is InChI=1S/C13H12Cl2N2O4/c14-9-1-2-12(11(15)5-9)21-8-13(18)17-16-6-10-7-19-3-4-20-10/h1-2,5-7H,3-4,8H2,(H,17,18)/b16-6+. The Morgan fingerprint density at radius 3 is 3.00 bits per heavy atom. The Bertz CT molecular complexity index is 575. The highest BCUT2D eigenvalue weighted by Gasteiger charge is 2.06. The molecular formula is C13H12Cl2N2O4. The Morgan fingerprint density at radius 2 is 2.29 bits per heavy atom. The zero-order valence-electron chi connectivity index (χ0n) is 10.8. The van der Waals surface area contributed by atoms with E-state index in [1.54, 1.807) is 12.1 Å². The van der Waals surface area contributed by atoms with Crippen LogP contribution in [0, 0.1) is 0 Å². The first-order valence-corrected chi connectivity index (χ1v) is 6.75. The highest BCUT2D eigenvalue weighted by Crippen LogP contribution is 2.27. The van der Waals surface area contributed by atoms with Crippen LogP contribution in [0.3, 0.4) is 0 Å². The van der Waals surface area contributed by atoms with E-state index in [-0.39, 0.29) is 6.61 Å². The fraction of sp³-hybridized carbons (Fsp3) is 0.231. The molecular weight excluding hydrogens is 319 g/mol. The first kappa shape index (κ1) is 15.5. The lowest BCUT2D eigenvalue weighted by Crippen LogP contribution is -2.25. The lowest BCUT2D eigenvalue weighted by molar-refractivity contribution is -0.123. The van der Waals surface area contributed by atoms with E-state index >= 15 is 0 Å². The third-order valence-electron chi connectivity index (χ3n) is 2.30. The monoisotopic (exact) mass is 330 g/mol. The summed E-state index contributed by atoms with van der Waals surface area (Å²) < 4.78 is 15.5. The van der Waals surface area contributed by atoms with Crippen molar-refractivity contribution in [2.45, 2.75) is 0 Å². The fourth-order valence-electron chi connectivity index (χ4n) is 1.39. The number of nitrogens with one attached hydrogen (secondary N) is 1. The Kier molecular flexibility index (Phi) is 5.71. The summed E-state index contributed by atoms with van der Waals surface area (Å²) in [5.74, 6) is 0.365. The number of carbonyl (C=O) groups excluding carboxylic acids is 1. The fourth-order valence-corrected chi connectivity index (χ4v) is 1.85. The number of ether oxygens (including phenoxy) is 3. The van der Waals surface area contributed by atoms with Gasteiger partial charge < -0.3 is 14.2 Å².